The largest absolute Gasteiger partial charge is 0.328 e. The maximum absolute atomic E-state index is 11.1. The van der Waals surface area contributed by atoms with Crippen LogP contribution in [0.1, 0.15) is 19.8 Å². The Morgan fingerprint density at radius 3 is 2.45 bits per heavy atom. The third kappa shape index (κ3) is 2.29. The molecule has 0 aromatic carbocycles. The summed E-state index contributed by atoms with van der Waals surface area (Å²) in [4.78, 5) is 11.1. The van der Waals surface area contributed by atoms with E-state index in [-0.39, 0.29) is 0 Å². The fraction of sp³-hybridized carbons (Fsp3) is 0.889. The lowest BCUT2D eigenvalue weighted by Gasteiger charge is -2.37. The van der Waals surface area contributed by atoms with E-state index in [9.17, 15) is 4.79 Å². The SMILES string of the molecule is CC(=O)C1CCC[N+](C)(C)C1. The van der Waals surface area contributed by atoms with Gasteiger partial charge in [-0.3, -0.25) is 4.79 Å². The van der Waals surface area contributed by atoms with Crippen LogP contribution in [-0.4, -0.2) is 37.5 Å². The minimum absolute atomic E-state index is 0.332. The van der Waals surface area contributed by atoms with E-state index in [2.05, 4.69) is 14.1 Å². The second-order valence-corrected chi connectivity index (χ2v) is 4.29. The van der Waals surface area contributed by atoms with Gasteiger partial charge in [-0.25, -0.2) is 0 Å². The van der Waals surface area contributed by atoms with Crippen LogP contribution in [0.25, 0.3) is 0 Å². The van der Waals surface area contributed by atoms with Gasteiger partial charge in [0.05, 0.1) is 33.1 Å². The number of hydrogen-bond donors (Lipinski definition) is 0. The fourth-order valence-corrected chi connectivity index (χ4v) is 1.88. The van der Waals surface area contributed by atoms with E-state index in [0.29, 0.717) is 11.7 Å². The first-order valence-electron chi connectivity index (χ1n) is 4.34. The molecule has 0 amide bonds. The van der Waals surface area contributed by atoms with Crippen molar-refractivity contribution in [3.05, 3.63) is 0 Å². The molecule has 1 aliphatic rings. The third-order valence-electron chi connectivity index (χ3n) is 2.61. The van der Waals surface area contributed by atoms with E-state index in [4.69, 9.17) is 0 Å². The highest BCUT2D eigenvalue weighted by molar-refractivity contribution is 5.78. The van der Waals surface area contributed by atoms with Gasteiger partial charge in [0.15, 0.2) is 0 Å². The summed E-state index contributed by atoms with van der Waals surface area (Å²) >= 11 is 0. The molecule has 1 saturated heterocycles. The standard InChI is InChI=1S/C9H18NO/c1-8(11)9-5-4-6-10(2,3)7-9/h9H,4-7H2,1-3H3/q+1. The molecule has 1 atom stereocenters. The summed E-state index contributed by atoms with van der Waals surface area (Å²) in [5.74, 6) is 0.703. The van der Waals surface area contributed by atoms with Gasteiger partial charge in [0, 0.05) is 0 Å². The number of Topliss-reactive ketones (excluding diaryl/α,β-unsaturated/α-hetero) is 1. The molecular weight excluding hydrogens is 138 g/mol. The van der Waals surface area contributed by atoms with Crippen molar-refractivity contribution in [3.8, 4) is 0 Å². The molecule has 0 aromatic heterocycles. The molecule has 0 bridgehead atoms. The summed E-state index contributed by atoms with van der Waals surface area (Å²) in [7, 11) is 4.41. The monoisotopic (exact) mass is 156 g/mol. The Labute approximate surface area is 68.8 Å². The molecule has 0 saturated carbocycles. The van der Waals surface area contributed by atoms with Crippen molar-refractivity contribution in [1.29, 1.82) is 0 Å². The minimum Gasteiger partial charge on any atom is -0.328 e. The van der Waals surface area contributed by atoms with Gasteiger partial charge >= 0.3 is 0 Å². The fourth-order valence-electron chi connectivity index (χ4n) is 1.88. The van der Waals surface area contributed by atoms with Gasteiger partial charge in [-0.1, -0.05) is 0 Å². The molecule has 1 aliphatic heterocycles. The number of carbonyl (C=O) groups is 1. The molecule has 2 nitrogen and oxygen atoms in total. The number of likely N-dealkylation sites (tertiary alicyclic amines) is 1. The maximum atomic E-state index is 11.1. The molecule has 2 heteroatoms. The molecule has 0 aromatic rings. The Balaban J connectivity index is 2.53. The van der Waals surface area contributed by atoms with Gasteiger partial charge in [0.2, 0.25) is 0 Å². The normalized spacial score (nSPS) is 29.9. The predicted octanol–water partition coefficient (Wildman–Crippen LogP) is 1.06. The lowest BCUT2D eigenvalue weighted by molar-refractivity contribution is -0.897. The summed E-state index contributed by atoms with van der Waals surface area (Å²) in [5.41, 5.74) is 0. The number of nitrogens with zero attached hydrogens (tertiary/aromatic N) is 1. The first-order valence-corrected chi connectivity index (χ1v) is 4.34. The average molecular weight is 156 g/mol. The lowest BCUT2D eigenvalue weighted by Crippen LogP contribution is -2.49. The van der Waals surface area contributed by atoms with E-state index < -0.39 is 0 Å². The van der Waals surface area contributed by atoms with Gasteiger partial charge in [-0.2, -0.15) is 0 Å². The highest BCUT2D eigenvalue weighted by atomic mass is 16.1. The van der Waals surface area contributed by atoms with Crippen molar-refractivity contribution in [3.63, 3.8) is 0 Å². The van der Waals surface area contributed by atoms with Crippen molar-refractivity contribution < 1.29 is 9.28 Å². The van der Waals surface area contributed by atoms with Crippen LogP contribution in [0.4, 0.5) is 0 Å². The molecule has 0 spiro atoms. The number of hydrogen-bond acceptors (Lipinski definition) is 1. The Morgan fingerprint density at radius 1 is 1.45 bits per heavy atom. The summed E-state index contributed by atoms with van der Waals surface area (Å²) < 4.78 is 1.02. The quantitative estimate of drug-likeness (QED) is 0.519. The highest BCUT2D eigenvalue weighted by Gasteiger charge is 2.29. The van der Waals surface area contributed by atoms with E-state index in [1.165, 1.54) is 13.0 Å². The van der Waals surface area contributed by atoms with Gasteiger partial charge in [0.1, 0.15) is 5.78 Å². The molecular formula is C9H18NO+. The Hall–Kier alpha value is -0.370. The van der Waals surface area contributed by atoms with Gasteiger partial charge in [-0.15, -0.1) is 0 Å². The van der Waals surface area contributed by atoms with Crippen molar-refractivity contribution in [2.24, 2.45) is 5.92 Å². The van der Waals surface area contributed by atoms with Crippen LogP contribution in [0.3, 0.4) is 0 Å². The minimum atomic E-state index is 0.332. The van der Waals surface area contributed by atoms with Crippen LogP contribution in [0.15, 0.2) is 0 Å². The van der Waals surface area contributed by atoms with Crippen molar-refractivity contribution in [2.75, 3.05) is 27.2 Å². The van der Waals surface area contributed by atoms with Gasteiger partial charge in [-0.05, 0) is 19.8 Å². The summed E-state index contributed by atoms with van der Waals surface area (Å²) in [6, 6.07) is 0. The summed E-state index contributed by atoms with van der Waals surface area (Å²) in [6.45, 7) is 3.98. The number of piperidine rings is 1. The predicted molar refractivity (Wildman–Crippen MR) is 45.2 cm³/mol. The Kier molecular flexibility index (Phi) is 2.33. The van der Waals surface area contributed by atoms with Crippen LogP contribution in [0.5, 0.6) is 0 Å². The number of ketones is 1. The molecule has 1 heterocycles. The first kappa shape index (κ1) is 8.72. The van der Waals surface area contributed by atoms with Crippen molar-refractivity contribution in [2.45, 2.75) is 19.8 Å². The molecule has 64 valence electrons. The molecule has 1 fully saturated rings. The highest BCUT2D eigenvalue weighted by Crippen LogP contribution is 2.20. The van der Waals surface area contributed by atoms with Gasteiger partial charge in [0.25, 0.3) is 0 Å². The topological polar surface area (TPSA) is 17.1 Å². The number of carbonyl (C=O) groups excluding carboxylic acids is 1. The van der Waals surface area contributed by atoms with Crippen LogP contribution < -0.4 is 0 Å². The first-order chi connectivity index (χ1) is 5.01. The molecule has 1 unspecified atom stereocenters. The zero-order chi connectivity index (χ0) is 8.48. The van der Waals surface area contributed by atoms with Crippen LogP contribution in [-0.2, 0) is 4.79 Å². The Morgan fingerprint density at radius 2 is 2.09 bits per heavy atom. The maximum Gasteiger partial charge on any atom is 0.138 e. The lowest BCUT2D eigenvalue weighted by atomic mass is 9.94. The summed E-state index contributed by atoms with van der Waals surface area (Å²) in [5, 5.41) is 0. The number of quaternary nitrogens is 1. The van der Waals surface area contributed by atoms with Crippen LogP contribution in [0.2, 0.25) is 0 Å². The smallest absolute Gasteiger partial charge is 0.138 e. The zero-order valence-electron chi connectivity index (χ0n) is 7.76. The summed E-state index contributed by atoms with van der Waals surface area (Å²) in [6.07, 6.45) is 2.31. The van der Waals surface area contributed by atoms with E-state index in [0.717, 1.165) is 17.4 Å². The molecule has 0 radical (unpaired) electrons. The Bertz CT molecular complexity index is 163. The van der Waals surface area contributed by atoms with Crippen LogP contribution in [0, 0.1) is 5.92 Å². The second-order valence-electron chi connectivity index (χ2n) is 4.29. The van der Waals surface area contributed by atoms with Gasteiger partial charge < -0.3 is 4.48 Å². The third-order valence-corrected chi connectivity index (χ3v) is 2.61. The number of rotatable bonds is 1. The van der Waals surface area contributed by atoms with E-state index in [1.807, 2.05) is 0 Å². The van der Waals surface area contributed by atoms with E-state index >= 15 is 0 Å². The molecule has 11 heavy (non-hydrogen) atoms. The molecule has 0 N–H and O–H groups in total. The van der Waals surface area contributed by atoms with Crippen molar-refractivity contribution in [1.82, 2.24) is 0 Å². The second kappa shape index (κ2) is 2.94. The van der Waals surface area contributed by atoms with E-state index in [1.54, 1.807) is 6.92 Å². The van der Waals surface area contributed by atoms with Crippen molar-refractivity contribution >= 4 is 5.78 Å². The van der Waals surface area contributed by atoms with Crippen LogP contribution >= 0.6 is 0 Å². The molecule has 1 rings (SSSR count). The zero-order valence-corrected chi connectivity index (χ0v) is 7.76. The average Bonchev–Trinajstić information content (AvgIpc) is 1.85. The molecule has 0 aliphatic carbocycles.